The van der Waals surface area contributed by atoms with E-state index in [4.69, 9.17) is 4.98 Å². The minimum atomic E-state index is 0.752. The zero-order valence-electron chi connectivity index (χ0n) is 27.4. The zero-order chi connectivity index (χ0) is 33.0. The van der Waals surface area contributed by atoms with Gasteiger partial charge in [-0.1, -0.05) is 84.9 Å². The Morgan fingerprint density at radius 2 is 1.24 bits per heavy atom. The van der Waals surface area contributed by atoms with Crippen molar-refractivity contribution in [1.82, 2.24) is 9.55 Å². The second-order valence-electron chi connectivity index (χ2n) is 13.0. The quantitative estimate of drug-likeness (QED) is 0.180. The molecule has 2 aromatic heterocycles. The molecule has 0 bridgehead atoms. The Labute approximate surface area is 291 Å². The Morgan fingerprint density at radius 1 is 0.520 bits per heavy atom. The van der Waals surface area contributed by atoms with Crippen molar-refractivity contribution in [3.8, 4) is 16.9 Å². The number of benzene rings is 6. The lowest BCUT2D eigenvalue weighted by Gasteiger charge is -2.27. The molecule has 0 amide bonds. The number of para-hydroxylation sites is 2. The molecule has 0 fully saturated rings. The third-order valence-corrected chi connectivity index (χ3v) is 10.1. The highest BCUT2D eigenvalue weighted by Gasteiger charge is 2.26. The molecule has 0 radical (unpaired) electrons. The van der Waals surface area contributed by atoms with E-state index in [2.05, 4.69) is 183 Å². The fraction of sp³-hybridized carbons (Fsp3) is 0.0444. The molecule has 0 unspecified atom stereocenters. The molecule has 0 saturated carbocycles. The van der Waals surface area contributed by atoms with Crippen LogP contribution in [0.25, 0.3) is 38.8 Å². The van der Waals surface area contributed by atoms with E-state index in [0.29, 0.717) is 0 Å². The van der Waals surface area contributed by atoms with Crippen LogP contribution in [0.15, 0.2) is 176 Å². The molecule has 0 atom stereocenters. The Bertz CT molecular complexity index is 2560. The predicted molar refractivity (Wildman–Crippen MR) is 207 cm³/mol. The first-order valence-electron chi connectivity index (χ1n) is 17.1. The maximum Gasteiger partial charge on any atom is 0.137 e. The lowest BCUT2D eigenvalue weighted by atomic mass is 9.99. The van der Waals surface area contributed by atoms with Crippen molar-refractivity contribution in [2.75, 3.05) is 21.4 Å². The molecule has 0 N–H and O–H groups in total. The Kier molecular flexibility index (Phi) is 6.56. The maximum atomic E-state index is 4.87. The van der Waals surface area contributed by atoms with Gasteiger partial charge in [-0.15, -0.1) is 0 Å². The summed E-state index contributed by atoms with van der Waals surface area (Å²) in [6.45, 7) is 0.752. The highest BCUT2D eigenvalue weighted by molar-refractivity contribution is 6.18. The molecule has 5 heteroatoms. The highest BCUT2D eigenvalue weighted by atomic mass is 15.3. The van der Waals surface area contributed by atoms with Crippen LogP contribution in [-0.2, 0) is 6.42 Å². The number of rotatable bonds is 6. The minimum absolute atomic E-state index is 0.752. The maximum absolute atomic E-state index is 4.87. The van der Waals surface area contributed by atoms with Gasteiger partial charge in [0.05, 0.1) is 17.7 Å². The second-order valence-corrected chi connectivity index (χ2v) is 13.0. The standard InChI is InChI=1S/C45H33N5/c1-3-13-34(14-4-1)47-26-27-48(31-47)36-17-11-18-37(29-36)49(35-15-5-2-6-16-35)38-22-23-40-42(30-38)50(43-20-9-10-25-46-43)41-24-21-33-28-32-12-7-8-19-39(32)44(33)45(40)41/h1-27,29-30H,28,31H2. The average Bonchev–Trinajstić information content (AvgIpc) is 3.91. The van der Waals surface area contributed by atoms with Crippen molar-refractivity contribution in [2.24, 2.45) is 0 Å². The van der Waals surface area contributed by atoms with Gasteiger partial charge in [-0.25, -0.2) is 4.98 Å². The van der Waals surface area contributed by atoms with Crippen LogP contribution in [0.5, 0.6) is 0 Å². The SMILES string of the molecule is C1=CN(c2cccc(N(c3ccccc3)c3ccc4c5c6c(ccc5n(-c5ccccn5)c4c3)Cc3ccccc3-6)c2)CN1c1ccccc1. The van der Waals surface area contributed by atoms with Crippen molar-refractivity contribution in [3.05, 3.63) is 187 Å². The fourth-order valence-electron chi connectivity index (χ4n) is 7.80. The third-order valence-electron chi connectivity index (χ3n) is 10.1. The van der Waals surface area contributed by atoms with Crippen LogP contribution in [0.2, 0.25) is 0 Å². The van der Waals surface area contributed by atoms with Crippen molar-refractivity contribution >= 4 is 50.2 Å². The highest BCUT2D eigenvalue weighted by Crippen LogP contribution is 2.47. The number of aromatic nitrogens is 2. The smallest absolute Gasteiger partial charge is 0.137 e. The number of anilines is 5. The molecule has 3 heterocycles. The Hall–Kier alpha value is -6.59. The number of nitrogens with zero attached hydrogens (tertiary/aromatic N) is 5. The van der Waals surface area contributed by atoms with E-state index in [9.17, 15) is 0 Å². The average molecular weight is 644 g/mol. The van der Waals surface area contributed by atoms with Crippen molar-refractivity contribution < 1.29 is 0 Å². The van der Waals surface area contributed by atoms with Crippen molar-refractivity contribution in [1.29, 1.82) is 0 Å². The van der Waals surface area contributed by atoms with Crippen molar-refractivity contribution in [3.63, 3.8) is 0 Å². The summed E-state index contributed by atoms with van der Waals surface area (Å²) in [7, 11) is 0. The summed E-state index contributed by atoms with van der Waals surface area (Å²) in [6.07, 6.45) is 7.15. The van der Waals surface area contributed by atoms with Gasteiger partial charge in [-0.3, -0.25) is 4.57 Å². The third kappa shape index (κ3) is 4.59. The largest absolute Gasteiger partial charge is 0.328 e. The summed E-state index contributed by atoms with van der Waals surface area (Å²) in [6, 6.07) is 56.5. The zero-order valence-corrected chi connectivity index (χ0v) is 27.4. The van der Waals surface area contributed by atoms with Crippen LogP contribution >= 0.6 is 0 Å². The molecular weight excluding hydrogens is 611 g/mol. The fourth-order valence-corrected chi connectivity index (χ4v) is 7.80. The van der Waals surface area contributed by atoms with Gasteiger partial charge in [-0.2, -0.15) is 0 Å². The van der Waals surface area contributed by atoms with Gasteiger partial charge < -0.3 is 14.7 Å². The summed E-state index contributed by atoms with van der Waals surface area (Å²) >= 11 is 0. The molecule has 1 aliphatic carbocycles. The minimum Gasteiger partial charge on any atom is -0.328 e. The van der Waals surface area contributed by atoms with E-state index in [0.717, 1.165) is 47.2 Å². The summed E-state index contributed by atoms with van der Waals surface area (Å²) in [5.74, 6) is 0.910. The van der Waals surface area contributed by atoms with Gasteiger partial charge in [0.1, 0.15) is 5.82 Å². The Morgan fingerprint density at radius 3 is 2.08 bits per heavy atom. The summed E-state index contributed by atoms with van der Waals surface area (Å²) in [4.78, 5) is 11.8. The van der Waals surface area contributed by atoms with E-state index >= 15 is 0 Å². The molecular formula is C45H33N5. The van der Waals surface area contributed by atoms with Gasteiger partial charge >= 0.3 is 0 Å². The van der Waals surface area contributed by atoms with Crippen LogP contribution in [0.1, 0.15) is 11.1 Å². The topological polar surface area (TPSA) is 27.5 Å². The van der Waals surface area contributed by atoms with E-state index in [1.54, 1.807) is 0 Å². The van der Waals surface area contributed by atoms with Crippen LogP contribution in [-0.4, -0.2) is 16.2 Å². The van der Waals surface area contributed by atoms with Gasteiger partial charge in [0.2, 0.25) is 0 Å². The van der Waals surface area contributed by atoms with Gasteiger partial charge in [0, 0.05) is 57.8 Å². The second kappa shape index (κ2) is 11.5. The van der Waals surface area contributed by atoms with E-state index in [1.807, 2.05) is 12.3 Å². The van der Waals surface area contributed by atoms with Gasteiger partial charge in [-0.05, 0) is 101 Å². The van der Waals surface area contributed by atoms with Gasteiger partial charge in [0.15, 0.2) is 0 Å². The molecule has 10 rings (SSSR count). The van der Waals surface area contributed by atoms with E-state index < -0.39 is 0 Å². The first kappa shape index (κ1) is 28.4. The number of hydrogen-bond acceptors (Lipinski definition) is 4. The number of hydrogen-bond donors (Lipinski definition) is 0. The molecule has 2 aliphatic rings. The van der Waals surface area contributed by atoms with Crippen LogP contribution < -0.4 is 14.7 Å². The van der Waals surface area contributed by atoms with E-state index in [1.165, 1.54) is 44.2 Å². The predicted octanol–water partition coefficient (Wildman–Crippen LogP) is 11.0. The van der Waals surface area contributed by atoms with Crippen LogP contribution in [0.3, 0.4) is 0 Å². The Balaban J connectivity index is 1.14. The normalized spacial score (nSPS) is 13.3. The van der Waals surface area contributed by atoms with Crippen LogP contribution in [0, 0.1) is 0 Å². The monoisotopic (exact) mass is 643 g/mol. The van der Waals surface area contributed by atoms with Gasteiger partial charge in [0.25, 0.3) is 0 Å². The lowest BCUT2D eigenvalue weighted by Crippen LogP contribution is -2.24. The molecule has 5 nitrogen and oxygen atoms in total. The molecule has 238 valence electrons. The molecule has 0 saturated heterocycles. The van der Waals surface area contributed by atoms with E-state index in [-0.39, 0.29) is 0 Å². The molecule has 8 aromatic rings. The molecule has 0 spiro atoms. The first-order valence-corrected chi connectivity index (χ1v) is 17.1. The van der Waals surface area contributed by atoms with Crippen LogP contribution in [0.4, 0.5) is 28.4 Å². The molecule has 50 heavy (non-hydrogen) atoms. The number of pyridine rings is 1. The first-order chi connectivity index (χ1) is 24.8. The molecule has 1 aliphatic heterocycles. The molecule has 6 aromatic carbocycles. The number of fused-ring (bicyclic) bond motifs is 7. The summed E-state index contributed by atoms with van der Waals surface area (Å²) < 4.78 is 2.34. The summed E-state index contributed by atoms with van der Waals surface area (Å²) in [5.41, 5.74) is 13.3. The summed E-state index contributed by atoms with van der Waals surface area (Å²) in [5, 5.41) is 2.52. The lowest BCUT2D eigenvalue weighted by molar-refractivity contribution is 0.975. The van der Waals surface area contributed by atoms with Crippen molar-refractivity contribution in [2.45, 2.75) is 6.42 Å².